The molecule has 1 aliphatic heterocycles. The minimum absolute atomic E-state index is 0. The van der Waals surface area contributed by atoms with Gasteiger partial charge in [0.1, 0.15) is 5.75 Å². The first-order valence-corrected chi connectivity index (χ1v) is 7.34. The third kappa shape index (κ3) is 5.21. The van der Waals surface area contributed by atoms with Crippen molar-refractivity contribution in [3.05, 3.63) is 29.8 Å². The molecule has 1 atom stereocenters. The maximum absolute atomic E-state index is 12.2. The Labute approximate surface area is 133 Å². The van der Waals surface area contributed by atoms with Gasteiger partial charge in [-0.25, -0.2) is 0 Å². The lowest BCUT2D eigenvalue weighted by Crippen LogP contribution is -2.41. The first-order chi connectivity index (χ1) is 9.70. The van der Waals surface area contributed by atoms with E-state index in [-0.39, 0.29) is 18.3 Å². The van der Waals surface area contributed by atoms with Gasteiger partial charge in [-0.15, -0.1) is 12.4 Å². The summed E-state index contributed by atoms with van der Waals surface area (Å²) in [6, 6.07) is 8.27. The summed E-state index contributed by atoms with van der Waals surface area (Å²) >= 11 is 0. The molecule has 5 heteroatoms. The molecule has 0 spiro atoms. The fraction of sp³-hybridized carbons (Fsp3) is 0.562. The molecule has 1 amide bonds. The van der Waals surface area contributed by atoms with Crippen molar-refractivity contribution in [2.24, 2.45) is 0 Å². The van der Waals surface area contributed by atoms with Crippen LogP contribution in [0.3, 0.4) is 0 Å². The molecular weight excluding hydrogens is 288 g/mol. The highest BCUT2D eigenvalue weighted by Crippen LogP contribution is 2.18. The first kappa shape index (κ1) is 17.8. The summed E-state index contributed by atoms with van der Waals surface area (Å²) in [5.74, 6) is 1.04. The second-order valence-electron chi connectivity index (χ2n) is 5.36. The molecule has 118 valence electrons. The number of aryl methyl sites for hydroxylation is 1. The van der Waals surface area contributed by atoms with E-state index in [1.807, 2.05) is 43.1 Å². The van der Waals surface area contributed by atoms with Crippen molar-refractivity contribution in [3.8, 4) is 5.75 Å². The maximum atomic E-state index is 12.2. The predicted octanol–water partition coefficient (Wildman–Crippen LogP) is 2.40. The number of halogens is 1. The average molecular weight is 313 g/mol. The molecule has 1 aliphatic rings. The van der Waals surface area contributed by atoms with E-state index in [0.717, 1.165) is 31.7 Å². The third-order valence-corrected chi connectivity index (χ3v) is 3.71. The highest BCUT2D eigenvalue weighted by molar-refractivity contribution is 5.85. The number of rotatable bonds is 6. The van der Waals surface area contributed by atoms with Crippen LogP contribution in [0.1, 0.15) is 24.8 Å². The maximum Gasteiger partial charge on any atom is 0.226 e. The van der Waals surface area contributed by atoms with Crippen LogP contribution >= 0.6 is 12.4 Å². The fourth-order valence-electron chi connectivity index (χ4n) is 2.72. The summed E-state index contributed by atoms with van der Waals surface area (Å²) in [4.78, 5) is 14.2. The summed E-state index contributed by atoms with van der Waals surface area (Å²) in [5.41, 5.74) is 1.17. The van der Waals surface area contributed by atoms with Crippen molar-refractivity contribution >= 4 is 18.3 Å². The molecule has 0 saturated carbocycles. The van der Waals surface area contributed by atoms with Gasteiger partial charge in [0.05, 0.1) is 13.0 Å². The fourth-order valence-corrected chi connectivity index (χ4v) is 2.72. The van der Waals surface area contributed by atoms with E-state index in [9.17, 15) is 4.79 Å². The van der Waals surface area contributed by atoms with Crippen LogP contribution in [-0.2, 0) is 4.79 Å². The number of likely N-dealkylation sites (N-methyl/N-ethyl adjacent to an activating group) is 1. The van der Waals surface area contributed by atoms with E-state index < -0.39 is 0 Å². The van der Waals surface area contributed by atoms with Crippen molar-refractivity contribution in [1.29, 1.82) is 0 Å². The van der Waals surface area contributed by atoms with E-state index >= 15 is 0 Å². The Kier molecular flexibility index (Phi) is 7.54. The first-order valence-electron chi connectivity index (χ1n) is 7.34. The Hall–Kier alpha value is -1.26. The van der Waals surface area contributed by atoms with Crippen molar-refractivity contribution in [2.75, 3.05) is 26.7 Å². The number of hydrogen-bond acceptors (Lipinski definition) is 3. The number of benzene rings is 1. The van der Waals surface area contributed by atoms with Gasteiger partial charge in [-0.1, -0.05) is 12.1 Å². The van der Waals surface area contributed by atoms with Crippen LogP contribution in [0.5, 0.6) is 5.75 Å². The number of nitrogens with one attached hydrogen (secondary N) is 1. The number of carbonyl (C=O) groups excluding carboxylic acids is 1. The molecule has 1 saturated heterocycles. The van der Waals surface area contributed by atoms with Crippen LogP contribution in [0.2, 0.25) is 0 Å². The van der Waals surface area contributed by atoms with Gasteiger partial charge >= 0.3 is 0 Å². The van der Waals surface area contributed by atoms with Crippen molar-refractivity contribution in [3.63, 3.8) is 0 Å². The van der Waals surface area contributed by atoms with E-state index in [0.29, 0.717) is 19.1 Å². The molecule has 21 heavy (non-hydrogen) atoms. The molecule has 2 rings (SSSR count). The summed E-state index contributed by atoms with van der Waals surface area (Å²) in [5, 5.41) is 3.16. The highest BCUT2D eigenvalue weighted by Gasteiger charge is 2.27. The lowest BCUT2D eigenvalue weighted by atomic mass is 10.2. The predicted molar refractivity (Wildman–Crippen MR) is 87.2 cm³/mol. The monoisotopic (exact) mass is 312 g/mol. The van der Waals surface area contributed by atoms with Gasteiger partial charge in [0.25, 0.3) is 0 Å². The summed E-state index contributed by atoms with van der Waals surface area (Å²) in [6.07, 6.45) is 2.66. The zero-order valence-electron chi connectivity index (χ0n) is 12.8. The quantitative estimate of drug-likeness (QED) is 0.877. The zero-order valence-corrected chi connectivity index (χ0v) is 13.6. The zero-order chi connectivity index (χ0) is 14.4. The van der Waals surface area contributed by atoms with E-state index in [2.05, 4.69) is 5.32 Å². The Balaban J connectivity index is 0.00000220. The minimum atomic E-state index is 0. The van der Waals surface area contributed by atoms with Gasteiger partial charge in [0.15, 0.2) is 0 Å². The van der Waals surface area contributed by atoms with Gasteiger partial charge in [-0.05, 0) is 44.5 Å². The lowest BCUT2D eigenvalue weighted by Gasteiger charge is -2.24. The van der Waals surface area contributed by atoms with Crippen molar-refractivity contribution in [2.45, 2.75) is 32.2 Å². The van der Waals surface area contributed by atoms with Gasteiger partial charge in [0.2, 0.25) is 5.91 Å². The van der Waals surface area contributed by atoms with Crippen molar-refractivity contribution in [1.82, 2.24) is 10.2 Å². The minimum Gasteiger partial charge on any atom is -0.493 e. The molecule has 1 aromatic rings. The smallest absolute Gasteiger partial charge is 0.226 e. The molecule has 0 bridgehead atoms. The Bertz CT molecular complexity index is 454. The summed E-state index contributed by atoms with van der Waals surface area (Å²) < 4.78 is 5.65. The van der Waals surface area contributed by atoms with Gasteiger partial charge < -0.3 is 15.0 Å². The van der Waals surface area contributed by atoms with Crippen LogP contribution in [0, 0.1) is 6.92 Å². The number of amides is 1. The molecule has 1 fully saturated rings. The second kappa shape index (κ2) is 8.90. The van der Waals surface area contributed by atoms with E-state index in [4.69, 9.17) is 4.74 Å². The Morgan fingerprint density at radius 3 is 3.00 bits per heavy atom. The van der Waals surface area contributed by atoms with Crippen LogP contribution in [0.15, 0.2) is 24.3 Å². The molecule has 0 radical (unpaired) electrons. The number of likely N-dealkylation sites (tertiary alicyclic amines) is 1. The SMILES string of the molecule is CNCC1CCCN1C(=O)CCOc1cccc(C)c1.Cl. The normalized spacial score (nSPS) is 17.4. The highest BCUT2D eigenvalue weighted by atomic mass is 35.5. The molecule has 4 nitrogen and oxygen atoms in total. The Morgan fingerprint density at radius 1 is 1.48 bits per heavy atom. The van der Waals surface area contributed by atoms with E-state index in [1.165, 1.54) is 5.56 Å². The molecule has 1 aromatic carbocycles. The largest absolute Gasteiger partial charge is 0.493 e. The second-order valence-corrected chi connectivity index (χ2v) is 5.36. The topological polar surface area (TPSA) is 41.6 Å². The molecule has 1 N–H and O–H groups in total. The number of ether oxygens (including phenoxy) is 1. The van der Waals surface area contributed by atoms with Crippen LogP contribution in [0.25, 0.3) is 0 Å². The molecule has 1 unspecified atom stereocenters. The number of carbonyl (C=O) groups is 1. The lowest BCUT2D eigenvalue weighted by molar-refractivity contribution is -0.132. The standard InChI is InChI=1S/C16H24N2O2.ClH/c1-13-5-3-7-15(11-13)20-10-8-16(19)18-9-4-6-14(18)12-17-2;/h3,5,7,11,14,17H,4,6,8-10,12H2,1-2H3;1H. The number of nitrogens with zero attached hydrogens (tertiary/aromatic N) is 1. The van der Waals surface area contributed by atoms with Crippen LogP contribution in [0.4, 0.5) is 0 Å². The van der Waals surface area contributed by atoms with Crippen LogP contribution < -0.4 is 10.1 Å². The average Bonchev–Trinajstić information content (AvgIpc) is 2.87. The summed E-state index contributed by atoms with van der Waals surface area (Å²) in [7, 11) is 1.93. The molecule has 0 aliphatic carbocycles. The molecular formula is C16H25ClN2O2. The van der Waals surface area contributed by atoms with Gasteiger partial charge in [-0.3, -0.25) is 4.79 Å². The van der Waals surface area contributed by atoms with Gasteiger partial charge in [0, 0.05) is 19.1 Å². The van der Waals surface area contributed by atoms with E-state index in [1.54, 1.807) is 0 Å². The van der Waals surface area contributed by atoms with Crippen LogP contribution in [-0.4, -0.2) is 43.6 Å². The molecule has 1 heterocycles. The number of hydrogen-bond donors (Lipinski definition) is 1. The van der Waals surface area contributed by atoms with Gasteiger partial charge in [-0.2, -0.15) is 0 Å². The summed E-state index contributed by atoms with van der Waals surface area (Å²) in [6.45, 7) is 4.25. The van der Waals surface area contributed by atoms with Crippen molar-refractivity contribution < 1.29 is 9.53 Å². The Morgan fingerprint density at radius 2 is 2.29 bits per heavy atom. The molecule has 0 aromatic heterocycles. The third-order valence-electron chi connectivity index (χ3n) is 3.71.